The van der Waals surface area contributed by atoms with Crippen molar-refractivity contribution in [1.29, 1.82) is 0 Å². The molecule has 2 unspecified atom stereocenters. The predicted molar refractivity (Wildman–Crippen MR) is 79.5 cm³/mol. The van der Waals surface area contributed by atoms with Crippen LogP contribution in [-0.4, -0.2) is 45.8 Å². The number of carboxylic acids is 1. The zero-order valence-electron chi connectivity index (χ0n) is 12.3. The summed E-state index contributed by atoms with van der Waals surface area (Å²) in [7, 11) is 0. The van der Waals surface area contributed by atoms with Gasteiger partial charge in [0.15, 0.2) is 0 Å². The minimum absolute atomic E-state index is 0.0527. The summed E-state index contributed by atoms with van der Waals surface area (Å²) < 4.78 is 0. The van der Waals surface area contributed by atoms with Crippen molar-refractivity contribution >= 4 is 23.3 Å². The van der Waals surface area contributed by atoms with E-state index in [-0.39, 0.29) is 19.0 Å². The van der Waals surface area contributed by atoms with Gasteiger partial charge >= 0.3 is 12.0 Å². The second-order valence-electron chi connectivity index (χ2n) is 5.44. The summed E-state index contributed by atoms with van der Waals surface area (Å²) >= 11 is 1.66. The lowest BCUT2D eigenvalue weighted by atomic mass is 10.1. The number of carbonyl (C=O) groups is 2. The molecule has 0 aromatic carbocycles. The summed E-state index contributed by atoms with van der Waals surface area (Å²) in [5, 5.41) is 21.5. The van der Waals surface area contributed by atoms with Crippen molar-refractivity contribution < 1.29 is 19.8 Å². The molecule has 0 aliphatic carbocycles. The van der Waals surface area contributed by atoms with Gasteiger partial charge in [0.05, 0.1) is 12.1 Å². The van der Waals surface area contributed by atoms with Crippen LogP contribution < -0.4 is 5.32 Å². The van der Waals surface area contributed by atoms with Crippen LogP contribution in [0.25, 0.3) is 0 Å². The zero-order valence-corrected chi connectivity index (χ0v) is 13.1. The predicted octanol–water partition coefficient (Wildman–Crippen LogP) is 1.66. The highest BCUT2D eigenvalue weighted by atomic mass is 32.1. The van der Waals surface area contributed by atoms with Crippen LogP contribution in [0.5, 0.6) is 0 Å². The Morgan fingerprint density at radius 3 is 2.67 bits per heavy atom. The number of hydrogen-bond donors (Lipinski definition) is 3. The van der Waals surface area contributed by atoms with E-state index in [4.69, 9.17) is 5.11 Å². The molecular weight excluding hydrogens is 292 g/mol. The van der Waals surface area contributed by atoms with Gasteiger partial charge < -0.3 is 20.4 Å². The number of carboxylic acid groups (broad SMARTS) is 1. The van der Waals surface area contributed by atoms with Gasteiger partial charge in [-0.2, -0.15) is 0 Å². The smallest absolute Gasteiger partial charge is 0.326 e. The van der Waals surface area contributed by atoms with Gasteiger partial charge in [-0.1, -0.05) is 0 Å². The number of urea groups is 1. The number of hydrogen-bond acceptors (Lipinski definition) is 4. The monoisotopic (exact) mass is 312 g/mol. The molecule has 1 aromatic heterocycles. The lowest BCUT2D eigenvalue weighted by Gasteiger charge is -2.24. The van der Waals surface area contributed by atoms with Gasteiger partial charge in [0.1, 0.15) is 6.04 Å². The first-order valence-electron chi connectivity index (χ1n) is 6.84. The molecule has 0 saturated carbocycles. The van der Waals surface area contributed by atoms with Crippen LogP contribution in [0, 0.1) is 13.8 Å². The number of amides is 2. The Morgan fingerprint density at radius 2 is 2.14 bits per heavy atom. The number of likely N-dealkylation sites (tertiary alicyclic amines) is 1. The standard InChI is InChI=1S/C14H20N2O4S/c1-7-4-11(9(3)21-7)8(2)15-14(20)16-6-10(17)5-12(16)13(18)19/h4,8,10,12,17H,5-6H2,1-3H3,(H,15,20)(H,18,19)/t8?,10?,12-/m0/s1. The van der Waals surface area contributed by atoms with Crippen molar-refractivity contribution in [3.63, 3.8) is 0 Å². The van der Waals surface area contributed by atoms with Gasteiger partial charge in [0.2, 0.25) is 0 Å². The second-order valence-corrected chi connectivity index (χ2v) is 6.90. The number of β-amino-alcohol motifs (C(OH)–C–C–N with tert-alkyl or cyclic N) is 1. The third-order valence-corrected chi connectivity index (χ3v) is 4.69. The van der Waals surface area contributed by atoms with E-state index in [0.717, 1.165) is 10.4 Å². The van der Waals surface area contributed by atoms with E-state index < -0.39 is 24.1 Å². The second kappa shape index (κ2) is 6.03. The van der Waals surface area contributed by atoms with E-state index in [9.17, 15) is 14.7 Å². The van der Waals surface area contributed by atoms with Gasteiger partial charge in [-0.3, -0.25) is 0 Å². The maximum absolute atomic E-state index is 12.3. The van der Waals surface area contributed by atoms with Crippen molar-refractivity contribution in [1.82, 2.24) is 10.2 Å². The average molecular weight is 312 g/mol. The van der Waals surface area contributed by atoms with Crippen LogP contribution in [0.4, 0.5) is 4.79 Å². The Balaban J connectivity index is 2.07. The molecule has 1 aromatic rings. The molecule has 2 rings (SSSR count). The molecule has 3 atom stereocenters. The maximum Gasteiger partial charge on any atom is 0.326 e. The third kappa shape index (κ3) is 3.36. The molecule has 1 aliphatic rings. The van der Waals surface area contributed by atoms with Crippen LogP contribution in [0.1, 0.15) is 34.7 Å². The molecule has 6 nitrogen and oxygen atoms in total. The molecule has 1 aliphatic heterocycles. The van der Waals surface area contributed by atoms with Crippen LogP contribution in [-0.2, 0) is 4.79 Å². The van der Waals surface area contributed by atoms with Gasteiger partial charge in [-0.25, -0.2) is 9.59 Å². The van der Waals surface area contributed by atoms with Crippen LogP contribution in [0.2, 0.25) is 0 Å². The van der Waals surface area contributed by atoms with Crippen molar-refractivity contribution in [3.05, 3.63) is 21.4 Å². The van der Waals surface area contributed by atoms with Gasteiger partial charge in [-0.15, -0.1) is 11.3 Å². The number of thiophene rings is 1. The number of nitrogens with zero attached hydrogens (tertiary/aromatic N) is 1. The maximum atomic E-state index is 12.3. The molecule has 116 valence electrons. The fourth-order valence-electron chi connectivity index (χ4n) is 2.70. The molecule has 0 radical (unpaired) electrons. The minimum Gasteiger partial charge on any atom is -0.480 e. The first kappa shape index (κ1) is 15.8. The molecule has 1 saturated heterocycles. The van der Waals surface area contributed by atoms with E-state index in [2.05, 4.69) is 5.32 Å². The first-order valence-corrected chi connectivity index (χ1v) is 7.66. The number of rotatable bonds is 3. The van der Waals surface area contributed by atoms with E-state index in [0.29, 0.717) is 0 Å². The Bertz CT molecular complexity index is 557. The number of aryl methyl sites for hydroxylation is 2. The SMILES string of the molecule is Cc1cc(C(C)NC(=O)N2CC(O)C[C@H]2C(=O)O)c(C)s1. The molecule has 21 heavy (non-hydrogen) atoms. The highest BCUT2D eigenvalue weighted by molar-refractivity contribution is 7.12. The van der Waals surface area contributed by atoms with Crippen LogP contribution >= 0.6 is 11.3 Å². The van der Waals surface area contributed by atoms with E-state index >= 15 is 0 Å². The lowest BCUT2D eigenvalue weighted by molar-refractivity contribution is -0.141. The number of carbonyl (C=O) groups excluding carboxylic acids is 1. The number of aliphatic hydroxyl groups is 1. The molecule has 7 heteroatoms. The minimum atomic E-state index is -1.09. The quantitative estimate of drug-likeness (QED) is 0.792. The summed E-state index contributed by atoms with van der Waals surface area (Å²) in [6, 6.07) is 0.417. The van der Waals surface area contributed by atoms with Crippen LogP contribution in [0.15, 0.2) is 6.07 Å². The Kier molecular flexibility index (Phi) is 4.53. The molecule has 1 fully saturated rings. The first-order chi connectivity index (χ1) is 9.79. The summed E-state index contributed by atoms with van der Waals surface area (Å²) in [6.07, 6.45) is -0.703. The van der Waals surface area contributed by atoms with Gasteiger partial charge in [0.25, 0.3) is 0 Å². The third-order valence-electron chi connectivity index (χ3n) is 3.71. The van der Waals surface area contributed by atoms with Gasteiger partial charge in [-0.05, 0) is 32.4 Å². The Hall–Kier alpha value is -1.60. The normalized spacial score (nSPS) is 23.1. The zero-order chi connectivity index (χ0) is 15.7. The van der Waals surface area contributed by atoms with Crippen molar-refractivity contribution in [2.75, 3.05) is 6.54 Å². The molecular formula is C14H20N2O4S. The Morgan fingerprint density at radius 1 is 1.48 bits per heavy atom. The largest absolute Gasteiger partial charge is 0.480 e. The van der Waals surface area contributed by atoms with E-state index in [1.807, 2.05) is 26.8 Å². The number of aliphatic carboxylic acids is 1. The fourth-order valence-corrected chi connectivity index (χ4v) is 3.72. The molecule has 3 N–H and O–H groups in total. The summed E-state index contributed by atoms with van der Waals surface area (Å²) in [5.74, 6) is -1.09. The van der Waals surface area contributed by atoms with Crippen molar-refractivity contribution in [2.45, 2.75) is 45.4 Å². The summed E-state index contributed by atoms with van der Waals surface area (Å²) in [5.41, 5.74) is 1.04. The average Bonchev–Trinajstić information content (AvgIpc) is 2.92. The van der Waals surface area contributed by atoms with Crippen molar-refractivity contribution in [2.24, 2.45) is 0 Å². The summed E-state index contributed by atoms with van der Waals surface area (Å²) in [6.45, 7) is 5.92. The molecule has 2 heterocycles. The highest BCUT2D eigenvalue weighted by Crippen LogP contribution is 2.27. The fraction of sp³-hybridized carbons (Fsp3) is 0.571. The topological polar surface area (TPSA) is 89.9 Å². The molecule has 2 amide bonds. The number of aliphatic hydroxyl groups excluding tert-OH is 1. The van der Waals surface area contributed by atoms with E-state index in [1.54, 1.807) is 11.3 Å². The number of nitrogens with one attached hydrogen (secondary N) is 1. The molecule has 0 spiro atoms. The van der Waals surface area contributed by atoms with Crippen LogP contribution in [0.3, 0.4) is 0 Å². The summed E-state index contributed by atoms with van der Waals surface area (Å²) in [4.78, 5) is 26.9. The van der Waals surface area contributed by atoms with Crippen molar-refractivity contribution in [3.8, 4) is 0 Å². The van der Waals surface area contributed by atoms with E-state index in [1.165, 1.54) is 9.78 Å². The lowest BCUT2D eigenvalue weighted by Crippen LogP contribution is -2.46. The Labute approximate surface area is 127 Å². The highest BCUT2D eigenvalue weighted by Gasteiger charge is 2.39. The van der Waals surface area contributed by atoms with Gasteiger partial charge in [0, 0.05) is 22.7 Å². The molecule has 0 bridgehead atoms.